The van der Waals surface area contributed by atoms with Crippen LogP contribution < -0.4 is 0 Å². The number of ketones is 1. The molecule has 1 aliphatic rings. The molecule has 0 unspecified atom stereocenters. The molecule has 1 N–H and O–H groups in total. The summed E-state index contributed by atoms with van der Waals surface area (Å²) in [6, 6.07) is 0. The van der Waals surface area contributed by atoms with E-state index >= 15 is 0 Å². The molecule has 0 heterocycles. The minimum Gasteiger partial charge on any atom is -0.481 e. The van der Waals surface area contributed by atoms with E-state index in [1.54, 1.807) is 0 Å². The monoisotopic (exact) mass is 184 g/mol. The molecule has 0 radical (unpaired) electrons. The lowest BCUT2D eigenvalue weighted by atomic mass is 9.79. The van der Waals surface area contributed by atoms with Crippen molar-refractivity contribution in [2.45, 2.75) is 39.0 Å². The standard InChI is InChI=1S/C10H16O3/c1-2-3-7-4-5-9(11)8(6-7)10(12)13/h7-8H,2-6H2,1H3,(H,12,13)/t7-,8+/m0/s1. The molecule has 2 atom stereocenters. The minimum absolute atomic E-state index is 0.0835. The maximum absolute atomic E-state index is 11.2. The molecular weight excluding hydrogens is 168 g/mol. The van der Waals surface area contributed by atoms with Gasteiger partial charge in [-0.2, -0.15) is 0 Å². The Kier molecular flexibility index (Phi) is 3.46. The fourth-order valence-corrected chi connectivity index (χ4v) is 2.01. The second kappa shape index (κ2) is 4.40. The Balaban J connectivity index is 2.52. The Morgan fingerprint density at radius 1 is 1.62 bits per heavy atom. The third-order valence-electron chi connectivity index (χ3n) is 2.75. The number of carboxylic acid groups (broad SMARTS) is 1. The quantitative estimate of drug-likeness (QED) is 0.681. The molecule has 0 aliphatic heterocycles. The van der Waals surface area contributed by atoms with E-state index in [0.29, 0.717) is 18.8 Å². The predicted molar refractivity (Wildman–Crippen MR) is 48.4 cm³/mol. The van der Waals surface area contributed by atoms with Crippen LogP contribution in [0.3, 0.4) is 0 Å². The van der Waals surface area contributed by atoms with Crippen LogP contribution in [0.5, 0.6) is 0 Å². The largest absolute Gasteiger partial charge is 0.481 e. The van der Waals surface area contributed by atoms with Crippen LogP contribution in [0.15, 0.2) is 0 Å². The van der Waals surface area contributed by atoms with E-state index in [-0.39, 0.29) is 5.78 Å². The van der Waals surface area contributed by atoms with Crippen molar-refractivity contribution in [2.24, 2.45) is 11.8 Å². The Morgan fingerprint density at radius 2 is 2.31 bits per heavy atom. The van der Waals surface area contributed by atoms with Gasteiger partial charge >= 0.3 is 5.97 Å². The zero-order chi connectivity index (χ0) is 9.84. The normalized spacial score (nSPS) is 28.8. The lowest BCUT2D eigenvalue weighted by Gasteiger charge is -2.25. The second-order valence-electron chi connectivity index (χ2n) is 3.79. The van der Waals surface area contributed by atoms with Crippen LogP contribution in [-0.2, 0) is 9.59 Å². The molecule has 3 nitrogen and oxygen atoms in total. The molecule has 0 saturated heterocycles. The highest BCUT2D eigenvalue weighted by Crippen LogP contribution is 2.29. The zero-order valence-electron chi connectivity index (χ0n) is 7.95. The summed E-state index contributed by atoms with van der Waals surface area (Å²) in [6.45, 7) is 2.09. The van der Waals surface area contributed by atoms with Gasteiger partial charge in [-0.25, -0.2) is 0 Å². The van der Waals surface area contributed by atoms with E-state index in [0.717, 1.165) is 19.3 Å². The molecule has 1 saturated carbocycles. The summed E-state index contributed by atoms with van der Waals surface area (Å²) in [5, 5.41) is 8.77. The van der Waals surface area contributed by atoms with Crippen molar-refractivity contribution in [2.75, 3.05) is 0 Å². The number of Topliss-reactive ketones (excluding diaryl/α,β-unsaturated/α-hetero) is 1. The SMILES string of the molecule is CCC[C@H]1CCC(=O)[C@H](C(=O)O)C1. The van der Waals surface area contributed by atoms with Gasteiger partial charge in [0, 0.05) is 6.42 Å². The number of carbonyl (C=O) groups is 2. The van der Waals surface area contributed by atoms with Gasteiger partial charge in [0.1, 0.15) is 11.7 Å². The van der Waals surface area contributed by atoms with Crippen LogP contribution in [0.4, 0.5) is 0 Å². The van der Waals surface area contributed by atoms with E-state index in [1.807, 2.05) is 0 Å². The summed E-state index contributed by atoms with van der Waals surface area (Å²) in [5.74, 6) is -1.29. The molecule has 1 fully saturated rings. The lowest BCUT2D eigenvalue weighted by Crippen LogP contribution is -2.30. The Hall–Kier alpha value is -0.860. The second-order valence-corrected chi connectivity index (χ2v) is 3.79. The van der Waals surface area contributed by atoms with Crippen molar-refractivity contribution in [3.05, 3.63) is 0 Å². The third kappa shape index (κ3) is 2.54. The summed E-state index contributed by atoms with van der Waals surface area (Å²) in [7, 11) is 0. The molecule has 1 rings (SSSR count). The van der Waals surface area contributed by atoms with Gasteiger partial charge in [0.05, 0.1) is 0 Å². The summed E-state index contributed by atoms with van der Waals surface area (Å²) in [4.78, 5) is 21.9. The summed E-state index contributed by atoms with van der Waals surface area (Å²) in [5.41, 5.74) is 0. The van der Waals surface area contributed by atoms with Crippen LogP contribution in [-0.4, -0.2) is 16.9 Å². The number of carbonyl (C=O) groups excluding carboxylic acids is 1. The third-order valence-corrected chi connectivity index (χ3v) is 2.75. The van der Waals surface area contributed by atoms with Crippen LogP contribution in [0.2, 0.25) is 0 Å². The number of hydrogen-bond acceptors (Lipinski definition) is 2. The van der Waals surface area contributed by atoms with Gasteiger partial charge in [-0.05, 0) is 18.8 Å². The molecule has 13 heavy (non-hydrogen) atoms. The van der Waals surface area contributed by atoms with Crippen LogP contribution >= 0.6 is 0 Å². The first-order valence-electron chi connectivity index (χ1n) is 4.90. The van der Waals surface area contributed by atoms with Gasteiger partial charge in [-0.1, -0.05) is 19.8 Å². The maximum Gasteiger partial charge on any atom is 0.314 e. The molecule has 0 aromatic carbocycles. The van der Waals surface area contributed by atoms with E-state index in [9.17, 15) is 9.59 Å². The predicted octanol–water partition coefficient (Wildman–Crippen LogP) is 1.86. The van der Waals surface area contributed by atoms with E-state index in [1.165, 1.54) is 0 Å². The van der Waals surface area contributed by atoms with E-state index in [2.05, 4.69) is 6.92 Å². The topological polar surface area (TPSA) is 54.4 Å². The van der Waals surface area contributed by atoms with Crippen molar-refractivity contribution >= 4 is 11.8 Å². The molecule has 1 aliphatic carbocycles. The first kappa shape index (κ1) is 10.2. The Bertz CT molecular complexity index is 210. The fourth-order valence-electron chi connectivity index (χ4n) is 2.01. The number of hydrogen-bond donors (Lipinski definition) is 1. The molecule has 0 spiro atoms. The van der Waals surface area contributed by atoms with Crippen molar-refractivity contribution in [1.82, 2.24) is 0 Å². The highest BCUT2D eigenvalue weighted by atomic mass is 16.4. The molecule has 74 valence electrons. The average Bonchev–Trinajstić information content (AvgIpc) is 2.08. The number of aliphatic carboxylic acids is 1. The molecule has 0 amide bonds. The van der Waals surface area contributed by atoms with Gasteiger partial charge < -0.3 is 5.11 Å². The van der Waals surface area contributed by atoms with E-state index in [4.69, 9.17) is 5.11 Å². The van der Waals surface area contributed by atoms with Crippen molar-refractivity contribution in [3.63, 3.8) is 0 Å². The zero-order valence-corrected chi connectivity index (χ0v) is 7.95. The highest BCUT2D eigenvalue weighted by molar-refractivity contribution is 5.98. The highest BCUT2D eigenvalue weighted by Gasteiger charge is 2.33. The molecule has 0 aromatic rings. The summed E-state index contributed by atoms with van der Waals surface area (Å²) >= 11 is 0. The van der Waals surface area contributed by atoms with Crippen molar-refractivity contribution < 1.29 is 14.7 Å². The number of carboxylic acids is 1. The summed E-state index contributed by atoms with van der Waals surface area (Å²) in [6.07, 6.45) is 4.03. The van der Waals surface area contributed by atoms with Crippen LogP contribution in [0.25, 0.3) is 0 Å². The molecule has 3 heteroatoms. The van der Waals surface area contributed by atoms with Gasteiger partial charge in [-0.15, -0.1) is 0 Å². The first-order chi connectivity index (χ1) is 6.15. The molecular formula is C10H16O3. The maximum atomic E-state index is 11.2. The smallest absolute Gasteiger partial charge is 0.314 e. The van der Waals surface area contributed by atoms with Crippen LogP contribution in [0, 0.1) is 11.8 Å². The van der Waals surface area contributed by atoms with Crippen LogP contribution in [0.1, 0.15) is 39.0 Å². The van der Waals surface area contributed by atoms with Gasteiger partial charge in [-0.3, -0.25) is 9.59 Å². The lowest BCUT2D eigenvalue weighted by molar-refractivity contribution is -0.148. The van der Waals surface area contributed by atoms with Gasteiger partial charge in [0.2, 0.25) is 0 Å². The van der Waals surface area contributed by atoms with Crippen molar-refractivity contribution in [1.29, 1.82) is 0 Å². The van der Waals surface area contributed by atoms with Gasteiger partial charge in [0.25, 0.3) is 0 Å². The summed E-state index contributed by atoms with van der Waals surface area (Å²) < 4.78 is 0. The van der Waals surface area contributed by atoms with E-state index < -0.39 is 11.9 Å². The fraction of sp³-hybridized carbons (Fsp3) is 0.800. The minimum atomic E-state index is -0.939. The van der Waals surface area contributed by atoms with Gasteiger partial charge in [0.15, 0.2) is 0 Å². The Morgan fingerprint density at radius 3 is 2.85 bits per heavy atom. The Labute approximate surface area is 78.1 Å². The molecule has 0 aromatic heterocycles. The number of rotatable bonds is 3. The van der Waals surface area contributed by atoms with Crippen molar-refractivity contribution in [3.8, 4) is 0 Å². The first-order valence-corrected chi connectivity index (χ1v) is 4.90. The average molecular weight is 184 g/mol. The molecule has 0 bridgehead atoms.